The maximum atomic E-state index is 12.8. The van der Waals surface area contributed by atoms with Crippen molar-refractivity contribution >= 4 is 10.0 Å². The molecule has 5 nitrogen and oxygen atoms in total. The van der Waals surface area contributed by atoms with Crippen LogP contribution in [0.5, 0.6) is 0 Å². The molecule has 1 aliphatic rings. The molecule has 1 aromatic rings. The molecule has 2 rings (SSSR count). The summed E-state index contributed by atoms with van der Waals surface area (Å²) in [6.45, 7) is 5.81. The van der Waals surface area contributed by atoms with Gasteiger partial charge in [0.2, 0.25) is 10.0 Å². The largest absolute Gasteiger partial charge is 0.381 e. The van der Waals surface area contributed by atoms with E-state index in [0.29, 0.717) is 37.4 Å². The molecule has 1 heterocycles. The summed E-state index contributed by atoms with van der Waals surface area (Å²) >= 11 is 0. The van der Waals surface area contributed by atoms with Crippen molar-refractivity contribution in [3.63, 3.8) is 0 Å². The summed E-state index contributed by atoms with van der Waals surface area (Å²) in [5, 5.41) is 8.88. The third-order valence-corrected chi connectivity index (χ3v) is 5.86. The van der Waals surface area contributed by atoms with Gasteiger partial charge in [0.1, 0.15) is 0 Å². The monoisotopic (exact) mass is 308 g/mol. The van der Waals surface area contributed by atoms with Gasteiger partial charge in [0.05, 0.1) is 23.1 Å². The minimum Gasteiger partial charge on any atom is -0.381 e. The lowest BCUT2D eigenvalue weighted by Gasteiger charge is -2.24. The van der Waals surface area contributed by atoms with E-state index in [-0.39, 0.29) is 10.8 Å². The summed E-state index contributed by atoms with van der Waals surface area (Å²) in [5.74, 6) is 0.262. The molecule has 114 valence electrons. The minimum atomic E-state index is -3.53. The number of hydrogen-bond donors (Lipinski definition) is 0. The molecule has 0 aromatic heterocycles. The highest BCUT2D eigenvalue weighted by Crippen LogP contribution is 2.23. The summed E-state index contributed by atoms with van der Waals surface area (Å²) in [4.78, 5) is 0.280. The second kappa shape index (κ2) is 6.56. The molecule has 21 heavy (non-hydrogen) atoms. The quantitative estimate of drug-likeness (QED) is 0.833. The molecule has 0 unspecified atom stereocenters. The molecule has 1 aliphatic heterocycles. The van der Waals surface area contributed by atoms with Gasteiger partial charge in [-0.2, -0.15) is 9.57 Å². The maximum absolute atomic E-state index is 12.8. The van der Waals surface area contributed by atoms with Crippen molar-refractivity contribution in [1.82, 2.24) is 4.31 Å². The van der Waals surface area contributed by atoms with Crippen LogP contribution in [0.15, 0.2) is 23.1 Å². The highest BCUT2D eigenvalue weighted by Gasteiger charge is 2.28. The SMILES string of the molecule is CCN(C[C@H]1CCOC1)S(=O)(=O)c1ccc(C#N)cc1C. The number of nitrogens with zero attached hydrogens (tertiary/aromatic N) is 2. The second-order valence-electron chi connectivity index (χ2n) is 5.28. The van der Waals surface area contributed by atoms with Crippen LogP contribution in [0.4, 0.5) is 0 Å². The standard InChI is InChI=1S/C15H20N2O3S/c1-3-17(10-14-6-7-20-11-14)21(18,19)15-5-4-13(9-16)8-12(15)2/h4-5,8,14H,3,6-7,10-11H2,1-2H3/t14-/m1/s1. The van der Waals surface area contributed by atoms with Crippen LogP contribution in [-0.2, 0) is 14.8 Å². The third-order valence-electron chi connectivity index (χ3n) is 3.76. The molecule has 1 saturated heterocycles. The first-order chi connectivity index (χ1) is 9.98. The second-order valence-corrected chi connectivity index (χ2v) is 7.18. The Balaban J connectivity index is 2.28. The Labute approximate surface area is 126 Å². The lowest BCUT2D eigenvalue weighted by atomic mass is 10.1. The fourth-order valence-electron chi connectivity index (χ4n) is 2.56. The molecule has 0 amide bonds. The fraction of sp³-hybridized carbons (Fsp3) is 0.533. The molecule has 0 spiro atoms. The Bertz CT molecular complexity index is 643. The highest BCUT2D eigenvalue weighted by molar-refractivity contribution is 7.89. The number of hydrogen-bond acceptors (Lipinski definition) is 4. The van der Waals surface area contributed by atoms with Gasteiger partial charge in [-0.15, -0.1) is 0 Å². The molecule has 0 saturated carbocycles. The Morgan fingerprint density at radius 2 is 2.24 bits per heavy atom. The molecular formula is C15H20N2O3S. The van der Waals surface area contributed by atoms with Crippen molar-refractivity contribution in [2.24, 2.45) is 5.92 Å². The van der Waals surface area contributed by atoms with Crippen LogP contribution in [0.2, 0.25) is 0 Å². The minimum absolute atomic E-state index is 0.262. The van der Waals surface area contributed by atoms with Crippen LogP contribution in [0.25, 0.3) is 0 Å². The zero-order valence-corrected chi connectivity index (χ0v) is 13.2. The van der Waals surface area contributed by atoms with E-state index in [1.54, 1.807) is 19.1 Å². The van der Waals surface area contributed by atoms with E-state index in [4.69, 9.17) is 10.00 Å². The van der Waals surface area contributed by atoms with E-state index in [1.807, 2.05) is 13.0 Å². The molecule has 6 heteroatoms. The van der Waals surface area contributed by atoms with E-state index in [2.05, 4.69) is 0 Å². The van der Waals surface area contributed by atoms with E-state index in [1.165, 1.54) is 10.4 Å². The summed E-state index contributed by atoms with van der Waals surface area (Å²) < 4.78 is 32.4. The Morgan fingerprint density at radius 1 is 1.48 bits per heavy atom. The van der Waals surface area contributed by atoms with Crippen LogP contribution in [-0.4, -0.2) is 39.0 Å². The zero-order valence-electron chi connectivity index (χ0n) is 12.4. The van der Waals surface area contributed by atoms with Gasteiger partial charge in [-0.25, -0.2) is 8.42 Å². The van der Waals surface area contributed by atoms with Crippen molar-refractivity contribution in [1.29, 1.82) is 5.26 Å². The van der Waals surface area contributed by atoms with Crippen molar-refractivity contribution in [3.8, 4) is 6.07 Å². The topological polar surface area (TPSA) is 70.4 Å². The number of aryl methyl sites for hydroxylation is 1. The van der Waals surface area contributed by atoms with Gasteiger partial charge in [-0.1, -0.05) is 6.92 Å². The smallest absolute Gasteiger partial charge is 0.243 e. The van der Waals surface area contributed by atoms with Gasteiger partial charge >= 0.3 is 0 Å². The molecule has 0 aliphatic carbocycles. The van der Waals surface area contributed by atoms with Crippen LogP contribution >= 0.6 is 0 Å². The predicted octanol–water partition coefficient (Wildman–Crippen LogP) is 1.91. The molecule has 0 bridgehead atoms. The number of rotatable bonds is 5. The lowest BCUT2D eigenvalue weighted by molar-refractivity contribution is 0.181. The Morgan fingerprint density at radius 3 is 2.76 bits per heavy atom. The molecule has 1 aromatic carbocycles. The van der Waals surface area contributed by atoms with Crippen LogP contribution in [0.3, 0.4) is 0 Å². The normalized spacial score (nSPS) is 18.9. The van der Waals surface area contributed by atoms with Crippen LogP contribution in [0, 0.1) is 24.2 Å². The van der Waals surface area contributed by atoms with Crippen LogP contribution in [0.1, 0.15) is 24.5 Å². The number of benzene rings is 1. The number of nitriles is 1. The van der Waals surface area contributed by atoms with Gasteiger partial charge in [-0.3, -0.25) is 0 Å². The molecule has 0 radical (unpaired) electrons. The maximum Gasteiger partial charge on any atom is 0.243 e. The van der Waals surface area contributed by atoms with Crippen molar-refractivity contribution in [3.05, 3.63) is 29.3 Å². The summed E-state index contributed by atoms with van der Waals surface area (Å²) in [6.07, 6.45) is 0.901. The van der Waals surface area contributed by atoms with E-state index in [9.17, 15) is 8.42 Å². The average Bonchev–Trinajstić information content (AvgIpc) is 2.97. The van der Waals surface area contributed by atoms with Crippen molar-refractivity contribution in [2.75, 3.05) is 26.3 Å². The summed E-state index contributed by atoms with van der Waals surface area (Å²) in [6, 6.07) is 6.71. The van der Waals surface area contributed by atoms with E-state index < -0.39 is 10.0 Å². The molecule has 1 atom stereocenters. The van der Waals surface area contributed by atoms with Crippen molar-refractivity contribution in [2.45, 2.75) is 25.2 Å². The number of ether oxygens (including phenoxy) is 1. The van der Waals surface area contributed by atoms with E-state index >= 15 is 0 Å². The molecular weight excluding hydrogens is 288 g/mol. The lowest BCUT2D eigenvalue weighted by Crippen LogP contribution is -2.35. The summed E-state index contributed by atoms with van der Waals surface area (Å²) in [5.41, 5.74) is 1.08. The molecule has 1 fully saturated rings. The first-order valence-electron chi connectivity index (χ1n) is 7.07. The van der Waals surface area contributed by atoms with Gasteiger partial charge in [0, 0.05) is 19.7 Å². The van der Waals surface area contributed by atoms with Gasteiger partial charge < -0.3 is 4.74 Å². The van der Waals surface area contributed by atoms with Crippen LogP contribution < -0.4 is 0 Å². The molecule has 0 N–H and O–H groups in total. The summed E-state index contributed by atoms with van der Waals surface area (Å²) in [7, 11) is -3.53. The van der Waals surface area contributed by atoms with Gasteiger partial charge in [0.25, 0.3) is 0 Å². The van der Waals surface area contributed by atoms with E-state index in [0.717, 1.165) is 6.42 Å². The van der Waals surface area contributed by atoms with Crippen molar-refractivity contribution < 1.29 is 13.2 Å². The first kappa shape index (κ1) is 16.0. The highest BCUT2D eigenvalue weighted by atomic mass is 32.2. The Hall–Kier alpha value is -1.42. The zero-order chi connectivity index (χ0) is 15.5. The third kappa shape index (κ3) is 3.43. The van der Waals surface area contributed by atoms with Gasteiger partial charge in [0.15, 0.2) is 0 Å². The first-order valence-corrected chi connectivity index (χ1v) is 8.51. The predicted molar refractivity (Wildman–Crippen MR) is 79.3 cm³/mol. The fourth-order valence-corrected chi connectivity index (χ4v) is 4.29. The van der Waals surface area contributed by atoms with Gasteiger partial charge in [-0.05, 0) is 43.0 Å². The number of sulfonamides is 1. The Kier molecular flexibility index (Phi) is 4.99. The average molecular weight is 308 g/mol.